The number of rotatable bonds is 6. The van der Waals surface area contributed by atoms with Gasteiger partial charge in [-0.2, -0.15) is 0 Å². The van der Waals surface area contributed by atoms with Crippen LogP contribution in [0.3, 0.4) is 0 Å². The summed E-state index contributed by atoms with van der Waals surface area (Å²) < 4.78 is 25.3. The highest BCUT2D eigenvalue weighted by Gasteiger charge is 2.33. The number of anilines is 1. The number of benzene rings is 1. The molecule has 7 nitrogen and oxygen atoms in total. The lowest BCUT2D eigenvalue weighted by atomic mass is 9.87. The molecule has 1 aromatic carbocycles. The number of carboxylic acid groups (broad SMARTS) is 1. The summed E-state index contributed by atoms with van der Waals surface area (Å²) in [5.74, 6) is -2.06. The molecule has 0 bridgehead atoms. The summed E-state index contributed by atoms with van der Waals surface area (Å²) >= 11 is 0. The van der Waals surface area contributed by atoms with Crippen molar-refractivity contribution in [2.24, 2.45) is 5.41 Å². The highest BCUT2D eigenvalue weighted by Crippen LogP contribution is 2.23. The average Bonchev–Trinajstić information content (AvgIpc) is 2.42. The zero-order chi connectivity index (χ0) is 18.7. The van der Waals surface area contributed by atoms with Gasteiger partial charge >= 0.3 is 5.97 Å². The molecule has 1 rings (SSSR count). The minimum absolute atomic E-state index is 0.464. The Bertz CT molecular complexity index is 705. The number of hydrogen-bond acceptors (Lipinski definition) is 4. The zero-order valence-corrected chi connectivity index (χ0v) is 15.3. The van der Waals surface area contributed by atoms with Crippen molar-refractivity contribution >= 4 is 27.6 Å². The largest absolute Gasteiger partial charge is 0.481 e. The molecule has 2 atom stereocenters. The Morgan fingerprint density at radius 2 is 1.62 bits per heavy atom. The third-order valence-electron chi connectivity index (χ3n) is 3.51. The van der Waals surface area contributed by atoms with Crippen LogP contribution in [0.2, 0.25) is 0 Å². The van der Waals surface area contributed by atoms with E-state index >= 15 is 0 Å². The van der Waals surface area contributed by atoms with Crippen molar-refractivity contribution in [3.63, 3.8) is 0 Å². The molecular formula is C16H24N2O5S. The molecule has 0 aliphatic heterocycles. The van der Waals surface area contributed by atoms with Crippen LogP contribution in [-0.2, 0) is 19.6 Å². The molecule has 8 heteroatoms. The van der Waals surface area contributed by atoms with E-state index in [1.807, 2.05) is 0 Å². The van der Waals surface area contributed by atoms with E-state index in [1.165, 1.54) is 0 Å². The summed E-state index contributed by atoms with van der Waals surface area (Å²) in [7, 11) is -3.55. The van der Waals surface area contributed by atoms with Gasteiger partial charge in [-0.1, -0.05) is 32.9 Å². The van der Waals surface area contributed by atoms with Crippen molar-refractivity contribution in [3.8, 4) is 0 Å². The molecule has 0 aliphatic rings. The SMILES string of the molecule is CC(C(=O)O)c1ccc(NC(=O)C(NS(C)(=O)=O)C(C)(C)C)cc1. The summed E-state index contributed by atoms with van der Waals surface area (Å²) in [6.07, 6.45) is 1.00. The van der Waals surface area contributed by atoms with E-state index in [4.69, 9.17) is 5.11 Å². The predicted octanol–water partition coefficient (Wildman–Crippen LogP) is 1.78. The molecule has 0 saturated carbocycles. The van der Waals surface area contributed by atoms with E-state index in [1.54, 1.807) is 52.0 Å². The maximum Gasteiger partial charge on any atom is 0.310 e. The molecule has 0 aromatic heterocycles. The number of carbonyl (C=O) groups excluding carboxylic acids is 1. The van der Waals surface area contributed by atoms with Gasteiger partial charge in [0.2, 0.25) is 15.9 Å². The minimum atomic E-state index is -3.55. The molecule has 0 radical (unpaired) electrons. The smallest absolute Gasteiger partial charge is 0.310 e. The second kappa shape index (κ2) is 7.31. The lowest BCUT2D eigenvalue weighted by molar-refractivity contribution is -0.138. The van der Waals surface area contributed by atoms with Crippen LogP contribution in [0.15, 0.2) is 24.3 Å². The Labute approximate surface area is 142 Å². The normalized spacial score (nSPS) is 14.7. The predicted molar refractivity (Wildman–Crippen MR) is 92.3 cm³/mol. The molecule has 0 spiro atoms. The standard InChI is InChI=1S/C16H24N2O5S/c1-10(15(20)21)11-6-8-12(9-7-11)17-14(19)13(16(2,3)4)18-24(5,22)23/h6-10,13,18H,1-5H3,(H,17,19)(H,20,21). The van der Waals surface area contributed by atoms with Crippen LogP contribution < -0.4 is 10.0 Å². The summed E-state index contributed by atoms with van der Waals surface area (Å²) in [4.78, 5) is 23.4. The van der Waals surface area contributed by atoms with Gasteiger partial charge in [-0.25, -0.2) is 13.1 Å². The van der Waals surface area contributed by atoms with Gasteiger partial charge in [0.1, 0.15) is 6.04 Å². The van der Waals surface area contributed by atoms with Crippen LogP contribution >= 0.6 is 0 Å². The maximum absolute atomic E-state index is 12.4. The molecule has 1 aromatic rings. The Kier molecular flexibility index (Phi) is 6.13. The van der Waals surface area contributed by atoms with Crippen molar-refractivity contribution < 1.29 is 23.1 Å². The van der Waals surface area contributed by atoms with E-state index in [2.05, 4.69) is 10.0 Å². The molecule has 24 heavy (non-hydrogen) atoms. The van der Waals surface area contributed by atoms with E-state index in [0.29, 0.717) is 11.3 Å². The fraction of sp³-hybridized carbons (Fsp3) is 0.500. The molecule has 0 aliphatic carbocycles. The van der Waals surface area contributed by atoms with E-state index < -0.39 is 39.3 Å². The second-order valence-electron chi connectivity index (χ2n) is 6.86. The molecule has 3 N–H and O–H groups in total. The highest BCUT2D eigenvalue weighted by atomic mass is 32.2. The quantitative estimate of drug-likeness (QED) is 0.719. The zero-order valence-electron chi connectivity index (χ0n) is 14.5. The van der Waals surface area contributed by atoms with Gasteiger partial charge in [-0.3, -0.25) is 9.59 Å². The minimum Gasteiger partial charge on any atom is -0.481 e. The molecule has 0 fully saturated rings. The monoisotopic (exact) mass is 356 g/mol. The fourth-order valence-corrected chi connectivity index (χ4v) is 2.94. The molecule has 0 saturated heterocycles. The van der Waals surface area contributed by atoms with E-state index in [-0.39, 0.29) is 0 Å². The second-order valence-corrected chi connectivity index (χ2v) is 8.64. The van der Waals surface area contributed by atoms with Gasteiger partial charge in [0.15, 0.2) is 0 Å². The molecular weight excluding hydrogens is 332 g/mol. The van der Waals surface area contributed by atoms with Gasteiger partial charge in [-0.15, -0.1) is 0 Å². The van der Waals surface area contributed by atoms with Crippen LogP contribution in [0.1, 0.15) is 39.2 Å². The van der Waals surface area contributed by atoms with Crippen molar-refractivity contribution in [2.75, 3.05) is 11.6 Å². The molecule has 0 heterocycles. The Morgan fingerprint density at radius 1 is 1.12 bits per heavy atom. The first-order chi connectivity index (χ1) is 10.8. The molecule has 134 valence electrons. The number of amides is 1. The summed E-state index contributed by atoms with van der Waals surface area (Å²) in [5.41, 5.74) is 0.457. The Morgan fingerprint density at radius 3 is 2.00 bits per heavy atom. The third kappa shape index (κ3) is 5.93. The number of aliphatic carboxylic acids is 1. The van der Waals surface area contributed by atoms with E-state index in [0.717, 1.165) is 6.26 Å². The highest BCUT2D eigenvalue weighted by molar-refractivity contribution is 7.88. The summed E-state index contributed by atoms with van der Waals surface area (Å²) in [5, 5.41) is 11.6. The number of carbonyl (C=O) groups is 2. The van der Waals surface area contributed by atoms with Gasteiger partial charge in [-0.05, 0) is 30.0 Å². The summed E-state index contributed by atoms with van der Waals surface area (Å²) in [6, 6.07) is 5.47. The first-order valence-electron chi connectivity index (χ1n) is 7.42. The molecule has 2 unspecified atom stereocenters. The van der Waals surface area contributed by atoms with Crippen molar-refractivity contribution in [1.82, 2.24) is 4.72 Å². The van der Waals surface area contributed by atoms with Crippen LogP contribution in [0.25, 0.3) is 0 Å². The Balaban J connectivity index is 2.93. The van der Waals surface area contributed by atoms with Crippen LogP contribution in [0, 0.1) is 5.41 Å². The number of sulfonamides is 1. The van der Waals surface area contributed by atoms with E-state index in [9.17, 15) is 18.0 Å². The fourth-order valence-electron chi connectivity index (χ4n) is 2.05. The lowest BCUT2D eigenvalue weighted by Crippen LogP contribution is -2.51. The molecule has 1 amide bonds. The van der Waals surface area contributed by atoms with Gasteiger partial charge in [0.25, 0.3) is 0 Å². The average molecular weight is 356 g/mol. The van der Waals surface area contributed by atoms with Crippen molar-refractivity contribution in [2.45, 2.75) is 39.7 Å². The third-order valence-corrected chi connectivity index (χ3v) is 4.17. The number of carboxylic acids is 1. The van der Waals surface area contributed by atoms with Crippen molar-refractivity contribution in [1.29, 1.82) is 0 Å². The number of hydrogen-bond donors (Lipinski definition) is 3. The lowest BCUT2D eigenvalue weighted by Gasteiger charge is -2.29. The number of nitrogens with one attached hydrogen (secondary N) is 2. The Hall–Kier alpha value is -1.93. The summed E-state index contributed by atoms with van der Waals surface area (Å²) in [6.45, 7) is 6.84. The van der Waals surface area contributed by atoms with Crippen LogP contribution in [0.5, 0.6) is 0 Å². The van der Waals surface area contributed by atoms with Crippen LogP contribution in [-0.4, -0.2) is 37.7 Å². The topological polar surface area (TPSA) is 113 Å². The van der Waals surface area contributed by atoms with Gasteiger partial charge in [0, 0.05) is 5.69 Å². The first kappa shape index (κ1) is 20.1. The first-order valence-corrected chi connectivity index (χ1v) is 9.31. The maximum atomic E-state index is 12.4. The van der Waals surface area contributed by atoms with Crippen molar-refractivity contribution in [3.05, 3.63) is 29.8 Å². The van der Waals surface area contributed by atoms with Gasteiger partial charge < -0.3 is 10.4 Å². The van der Waals surface area contributed by atoms with Crippen LogP contribution in [0.4, 0.5) is 5.69 Å². The van der Waals surface area contributed by atoms with Gasteiger partial charge in [0.05, 0.1) is 12.2 Å².